The van der Waals surface area contributed by atoms with Crippen molar-refractivity contribution in [1.29, 1.82) is 0 Å². The Morgan fingerprint density at radius 2 is 1.72 bits per heavy atom. The molecule has 0 unspecified atom stereocenters. The lowest BCUT2D eigenvalue weighted by Gasteiger charge is -2.24. The largest absolute Gasteiger partial charge is 0.453 e. The second-order valence-electron chi connectivity index (χ2n) is 8.64. The fraction of sp³-hybridized carbons (Fsp3) is 0.214. The average Bonchev–Trinajstić information content (AvgIpc) is 3.38. The first-order valence-electron chi connectivity index (χ1n) is 11.7. The molecule has 0 saturated carbocycles. The van der Waals surface area contributed by atoms with Gasteiger partial charge in [0.2, 0.25) is 0 Å². The van der Waals surface area contributed by atoms with Gasteiger partial charge in [0.1, 0.15) is 5.75 Å². The number of benzene rings is 3. The molecule has 0 aliphatic heterocycles. The molecule has 0 aliphatic carbocycles. The average molecular weight is 527 g/mol. The van der Waals surface area contributed by atoms with Crippen molar-refractivity contribution >= 4 is 21.6 Å². The first kappa shape index (κ1) is 25.9. The Kier molecular flexibility index (Phi) is 7.83. The molecule has 0 bridgehead atoms. The van der Waals surface area contributed by atoms with Gasteiger partial charge >= 0.3 is 0 Å². The third kappa shape index (κ3) is 5.48. The maximum Gasteiger partial charge on any atom is 0.267 e. The quantitative estimate of drug-likeness (QED) is 0.246. The van der Waals surface area contributed by atoms with Crippen LogP contribution in [0.15, 0.2) is 90.1 Å². The molecule has 0 saturated heterocycles. The molecule has 3 aromatic carbocycles. The van der Waals surface area contributed by atoms with Crippen molar-refractivity contribution in [3.05, 3.63) is 113 Å². The molecule has 1 heterocycles. The highest BCUT2D eigenvalue weighted by atomic mass is 35.5. The zero-order valence-electron chi connectivity index (χ0n) is 20.3. The summed E-state index contributed by atoms with van der Waals surface area (Å²) >= 11 is 6.26. The minimum atomic E-state index is -3.70. The Morgan fingerprint density at radius 3 is 2.39 bits per heavy atom. The molecular formula is C28H28ClFN2O3S. The summed E-state index contributed by atoms with van der Waals surface area (Å²) in [5.41, 5.74) is 2.17. The van der Waals surface area contributed by atoms with Gasteiger partial charge in [0, 0.05) is 30.0 Å². The highest BCUT2D eigenvalue weighted by Crippen LogP contribution is 2.37. The lowest BCUT2D eigenvalue weighted by molar-refractivity contribution is 0.410. The SMILES string of the molecule is CC[C@@H](N[C@H](C)c1ccn(S(=O)(=O)c2ccc(C)cc2)c1)c1ccc(Cl)c(Oc2ccccc2)c1F. The molecule has 0 amide bonds. The number of aryl methyl sites for hydroxylation is 1. The normalized spacial score (nSPS) is 13.4. The first-order chi connectivity index (χ1) is 17.2. The maximum atomic E-state index is 15.6. The highest BCUT2D eigenvalue weighted by Gasteiger charge is 2.23. The molecule has 0 spiro atoms. The van der Waals surface area contributed by atoms with Crippen LogP contribution in [0.25, 0.3) is 0 Å². The highest BCUT2D eigenvalue weighted by molar-refractivity contribution is 7.90. The number of hydrogen-bond acceptors (Lipinski definition) is 4. The number of hydrogen-bond donors (Lipinski definition) is 1. The van der Waals surface area contributed by atoms with E-state index in [-0.39, 0.29) is 27.8 Å². The van der Waals surface area contributed by atoms with Gasteiger partial charge in [-0.1, -0.05) is 60.5 Å². The van der Waals surface area contributed by atoms with Crippen molar-refractivity contribution in [2.45, 2.75) is 44.2 Å². The van der Waals surface area contributed by atoms with Crippen molar-refractivity contribution in [2.75, 3.05) is 0 Å². The second-order valence-corrected chi connectivity index (χ2v) is 10.9. The van der Waals surface area contributed by atoms with Gasteiger partial charge in [-0.05, 0) is 62.2 Å². The van der Waals surface area contributed by atoms with Crippen LogP contribution >= 0.6 is 11.6 Å². The minimum absolute atomic E-state index is 0.0244. The van der Waals surface area contributed by atoms with E-state index >= 15 is 4.39 Å². The lowest BCUT2D eigenvalue weighted by atomic mass is 10.0. The van der Waals surface area contributed by atoms with Crippen LogP contribution in [0.3, 0.4) is 0 Å². The van der Waals surface area contributed by atoms with E-state index in [0.717, 1.165) is 11.1 Å². The van der Waals surface area contributed by atoms with Gasteiger partial charge in [-0.25, -0.2) is 16.8 Å². The van der Waals surface area contributed by atoms with Crippen molar-refractivity contribution in [3.63, 3.8) is 0 Å². The summed E-state index contributed by atoms with van der Waals surface area (Å²) in [6.45, 7) is 5.77. The number of ether oxygens (including phenoxy) is 1. The number of nitrogens with one attached hydrogen (secondary N) is 1. The van der Waals surface area contributed by atoms with Crippen LogP contribution in [0, 0.1) is 12.7 Å². The fourth-order valence-electron chi connectivity index (χ4n) is 3.97. The third-order valence-electron chi connectivity index (χ3n) is 6.06. The molecule has 1 aromatic heterocycles. The van der Waals surface area contributed by atoms with Crippen molar-refractivity contribution < 1.29 is 17.5 Å². The van der Waals surface area contributed by atoms with Gasteiger partial charge in [0.05, 0.1) is 9.92 Å². The van der Waals surface area contributed by atoms with E-state index in [9.17, 15) is 8.42 Å². The predicted molar refractivity (Wildman–Crippen MR) is 141 cm³/mol. The molecule has 4 rings (SSSR count). The summed E-state index contributed by atoms with van der Waals surface area (Å²) in [7, 11) is -3.70. The van der Waals surface area contributed by atoms with E-state index in [0.29, 0.717) is 17.7 Å². The van der Waals surface area contributed by atoms with E-state index in [1.165, 1.54) is 10.2 Å². The van der Waals surface area contributed by atoms with Gasteiger partial charge in [-0.3, -0.25) is 0 Å². The maximum absolute atomic E-state index is 15.6. The molecule has 2 atom stereocenters. The van der Waals surface area contributed by atoms with Crippen LogP contribution in [-0.4, -0.2) is 12.4 Å². The Balaban J connectivity index is 1.55. The van der Waals surface area contributed by atoms with Crippen molar-refractivity contribution in [3.8, 4) is 11.5 Å². The van der Waals surface area contributed by atoms with Gasteiger partial charge < -0.3 is 10.1 Å². The van der Waals surface area contributed by atoms with Crippen LogP contribution in [0.1, 0.15) is 49.0 Å². The molecular weight excluding hydrogens is 499 g/mol. The van der Waals surface area contributed by atoms with E-state index < -0.39 is 15.8 Å². The smallest absolute Gasteiger partial charge is 0.267 e. The molecule has 0 fully saturated rings. The minimum Gasteiger partial charge on any atom is -0.453 e. The van der Waals surface area contributed by atoms with Gasteiger partial charge in [-0.15, -0.1) is 0 Å². The molecule has 0 aliphatic rings. The van der Waals surface area contributed by atoms with Crippen LogP contribution < -0.4 is 10.1 Å². The van der Waals surface area contributed by atoms with Crippen LogP contribution in [-0.2, 0) is 10.0 Å². The second kappa shape index (κ2) is 10.9. The van der Waals surface area contributed by atoms with Gasteiger partial charge in [-0.2, -0.15) is 0 Å². The number of para-hydroxylation sites is 1. The summed E-state index contributed by atoms with van der Waals surface area (Å²) in [5.74, 6) is -0.0676. The van der Waals surface area contributed by atoms with E-state index in [4.69, 9.17) is 16.3 Å². The van der Waals surface area contributed by atoms with Gasteiger partial charge in [0.15, 0.2) is 11.6 Å². The van der Waals surface area contributed by atoms with Crippen molar-refractivity contribution in [2.24, 2.45) is 0 Å². The number of rotatable bonds is 9. The zero-order chi connectivity index (χ0) is 25.9. The number of aromatic nitrogens is 1. The summed E-state index contributed by atoms with van der Waals surface area (Å²) in [6, 6.07) is 20.0. The van der Waals surface area contributed by atoms with E-state index in [2.05, 4.69) is 5.32 Å². The van der Waals surface area contributed by atoms with Crippen LogP contribution in [0.4, 0.5) is 4.39 Å². The first-order valence-corrected chi connectivity index (χ1v) is 13.5. The lowest BCUT2D eigenvalue weighted by Crippen LogP contribution is -2.25. The molecule has 5 nitrogen and oxygen atoms in total. The Bertz CT molecular complexity index is 1440. The van der Waals surface area contributed by atoms with E-state index in [1.54, 1.807) is 72.9 Å². The van der Waals surface area contributed by atoms with Crippen LogP contribution in [0.2, 0.25) is 5.02 Å². The third-order valence-corrected chi connectivity index (χ3v) is 8.01. The standard InChI is InChI=1S/C28H28ClFN2O3S/c1-4-26(24-14-15-25(29)28(27(24)30)35-22-8-6-5-7-9-22)31-20(3)21-16-17-32(18-21)36(33,34)23-12-10-19(2)11-13-23/h5-18,20,26,31H,4H2,1-3H3/t20-,26-/m1/s1. The fourth-order valence-corrected chi connectivity index (χ4v) is 5.36. The topological polar surface area (TPSA) is 60.3 Å². The van der Waals surface area contributed by atoms with Gasteiger partial charge in [0.25, 0.3) is 10.0 Å². The zero-order valence-corrected chi connectivity index (χ0v) is 21.9. The molecule has 4 aromatic rings. The molecule has 36 heavy (non-hydrogen) atoms. The Morgan fingerprint density at radius 1 is 1.03 bits per heavy atom. The van der Waals surface area contributed by atoms with Crippen LogP contribution in [0.5, 0.6) is 11.5 Å². The predicted octanol–water partition coefficient (Wildman–Crippen LogP) is 7.42. The summed E-state index contributed by atoms with van der Waals surface area (Å²) in [4.78, 5) is 0.219. The van der Waals surface area contributed by atoms with E-state index in [1.807, 2.05) is 26.8 Å². The molecule has 188 valence electrons. The van der Waals surface area contributed by atoms with Crippen molar-refractivity contribution in [1.82, 2.24) is 9.29 Å². The summed E-state index contributed by atoms with van der Waals surface area (Å²) in [6.07, 6.45) is 3.70. The number of halogens is 2. The Labute approximate surface area is 216 Å². The summed E-state index contributed by atoms with van der Waals surface area (Å²) in [5, 5.41) is 3.60. The number of nitrogens with zero attached hydrogens (tertiary/aromatic N) is 1. The monoisotopic (exact) mass is 526 g/mol. The Hall–Kier alpha value is -3.13. The molecule has 8 heteroatoms. The molecule has 1 N–H and O–H groups in total. The molecule has 0 radical (unpaired) electrons. The summed E-state index contributed by atoms with van der Waals surface area (Å²) < 4.78 is 48.5.